The normalized spacial score (nSPS) is 46.0. The second-order valence-corrected chi connectivity index (χ2v) is 20.4. The molecule has 314 valence electrons. The number of anilines is 1. The molecule has 8 rings (SSSR count). The third-order valence-corrected chi connectivity index (χ3v) is 17.8. The van der Waals surface area contributed by atoms with Crippen LogP contribution < -0.4 is 11.4 Å². The van der Waals surface area contributed by atoms with Crippen molar-refractivity contribution in [3.8, 4) is 0 Å². The molecule has 6 fully saturated rings. The van der Waals surface area contributed by atoms with E-state index in [1.165, 1.54) is 17.8 Å². The highest BCUT2D eigenvalue weighted by molar-refractivity contribution is 5.78. The minimum absolute atomic E-state index is 0.0165. The maximum atomic E-state index is 15.7. The van der Waals surface area contributed by atoms with Crippen LogP contribution in [0.4, 0.5) is 10.2 Å². The van der Waals surface area contributed by atoms with Gasteiger partial charge in [0.1, 0.15) is 11.9 Å². The van der Waals surface area contributed by atoms with Crippen LogP contribution in [0.2, 0.25) is 0 Å². The fourth-order valence-corrected chi connectivity index (χ4v) is 15.1. The minimum Gasteiger partial charge on any atom is -0.469 e. The van der Waals surface area contributed by atoms with E-state index >= 15 is 4.39 Å². The van der Waals surface area contributed by atoms with E-state index in [1.807, 2.05) is 0 Å². The van der Waals surface area contributed by atoms with Crippen molar-refractivity contribution in [2.75, 3.05) is 19.5 Å². The number of aromatic nitrogens is 5. The third kappa shape index (κ3) is 5.40. The molecule has 5 saturated carbocycles. The molecule has 57 heavy (non-hydrogen) atoms. The summed E-state index contributed by atoms with van der Waals surface area (Å²) in [5.74, 6) is 1.34. The molecule has 0 radical (unpaired) electrons. The van der Waals surface area contributed by atoms with Gasteiger partial charge in [0.2, 0.25) is 5.72 Å². The van der Waals surface area contributed by atoms with Crippen LogP contribution in [0.25, 0.3) is 0 Å². The van der Waals surface area contributed by atoms with Gasteiger partial charge >= 0.3 is 11.7 Å². The van der Waals surface area contributed by atoms with Crippen LogP contribution in [0, 0.1) is 62.6 Å². The Morgan fingerprint density at radius 1 is 1.05 bits per heavy atom. The van der Waals surface area contributed by atoms with Gasteiger partial charge in [0.25, 0.3) is 0 Å². The maximum Gasteiger partial charge on any atom is 0.351 e. The lowest BCUT2D eigenvalue weighted by Crippen LogP contribution is -2.68. The fourth-order valence-electron chi connectivity index (χ4n) is 15.1. The number of halogens is 1. The number of nitrogens with two attached hydrogens (primary N) is 1. The van der Waals surface area contributed by atoms with Crippen molar-refractivity contribution < 1.29 is 34.0 Å². The Morgan fingerprint density at radius 3 is 2.46 bits per heavy atom. The molecule has 1 saturated heterocycles. The first-order valence-corrected chi connectivity index (χ1v) is 21.0. The smallest absolute Gasteiger partial charge is 0.351 e. The Hall–Kier alpha value is -3.20. The number of methoxy groups -OCH3 is 1. The number of rotatable bonds is 7. The van der Waals surface area contributed by atoms with Gasteiger partial charge in [-0.15, -0.1) is 5.10 Å². The summed E-state index contributed by atoms with van der Waals surface area (Å²) in [5.41, 5.74) is 3.47. The number of alkyl halides is 1. The number of ether oxygens (including phenoxy) is 2. The number of nitrogen functional groups attached to an aromatic ring is 1. The van der Waals surface area contributed by atoms with Gasteiger partial charge in [-0.25, -0.2) is 13.9 Å². The summed E-state index contributed by atoms with van der Waals surface area (Å²) in [5, 5.41) is 42.6. The molecule has 0 spiro atoms. The second kappa shape index (κ2) is 13.4. The summed E-state index contributed by atoms with van der Waals surface area (Å²) in [7, 11) is 1.54. The highest BCUT2D eigenvalue weighted by Crippen LogP contribution is 2.78. The summed E-state index contributed by atoms with van der Waals surface area (Å²) in [6, 6.07) is 1.32. The van der Waals surface area contributed by atoms with Gasteiger partial charge in [-0.2, -0.15) is 4.98 Å². The first-order valence-electron chi connectivity index (χ1n) is 21.0. The van der Waals surface area contributed by atoms with Crippen molar-refractivity contribution in [1.82, 2.24) is 24.5 Å². The van der Waals surface area contributed by atoms with Crippen molar-refractivity contribution in [3.63, 3.8) is 0 Å². The van der Waals surface area contributed by atoms with Gasteiger partial charge < -0.3 is 30.5 Å². The summed E-state index contributed by atoms with van der Waals surface area (Å²) in [6.07, 6.45) is 5.59. The van der Waals surface area contributed by atoms with Crippen LogP contribution in [0.1, 0.15) is 111 Å². The van der Waals surface area contributed by atoms with E-state index in [0.29, 0.717) is 35.8 Å². The van der Waals surface area contributed by atoms with E-state index in [2.05, 4.69) is 63.4 Å². The predicted octanol–water partition coefficient (Wildman–Crippen LogP) is 4.95. The summed E-state index contributed by atoms with van der Waals surface area (Å²) in [4.78, 5) is 29.9. The van der Waals surface area contributed by atoms with E-state index in [9.17, 15) is 24.9 Å². The highest BCUT2D eigenvalue weighted by Gasteiger charge is 2.73. The molecule has 0 unspecified atom stereocenters. The van der Waals surface area contributed by atoms with E-state index in [1.54, 1.807) is 13.3 Å². The molecule has 3 heterocycles. The van der Waals surface area contributed by atoms with E-state index in [0.717, 1.165) is 67.0 Å². The van der Waals surface area contributed by atoms with E-state index in [4.69, 9.17) is 15.2 Å². The average Bonchev–Trinajstić information content (AvgIpc) is 3.86. The molecule has 14 heteroatoms. The van der Waals surface area contributed by atoms with E-state index < -0.39 is 53.5 Å². The summed E-state index contributed by atoms with van der Waals surface area (Å²) >= 11 is 0. The summed E-state index contributed by atoms with van der Waals surface area (Å²) < 4.78 is 29.2. The van der Waals surface area contributed by atoms with Gasteiger partial charge in [-0.05, 0) is 134 Å². The maximum absolute atomic E-state index is 15.7. The topological polar surface area (TPSA) is 188 Å². The number of hydrogen-bond donors (Lipinski definition) is 4. The molecule has 13 nitrogen and oxygen atoms in total. The monoisotopic (exact) mass is 794 g/mol. The van der Waals surface area contributed by atoms with Gasteiger partial charge in [0, 0.05) is 6.20 Å². The van der Waals surface area contributed by atoms with Crippen LogP contribution in [0.5, 0.6) is 0 Å². The van der Waals surface area contributed by atoms with Gasteiger partial charge in [0.15, 0.2) is 12.4 Å². The Labute approximate surface area is 334 Å². The van der Waals surface area contributed by atoms with Crippen LogP contribution >= 0.6 is 0 Å². The van der Waals surface area contributed by atoms with Crippen molar-refractivity contribution in [2.45, 2.75) is 136 Å². The third-order valence-electron chi connectivity index (χ3n) is 17.8. The Kier molecular flexibility index (Phi) is 9.54. The van der Waals surface area contributed by atoms with E-state index in [-0.39, 0.29) is 39.9 Å². The first-order chi connectivity index (χ1) is 26.8. The zero-order valence-electron chi connectivity index (χ0n) is 34.7. The Balaban J connectivity index is 1.08. The zero-order valence-corrected chi connectivity index (χ0v) is 34.7. The zero-order chi connectivity index (χ0) is 41.2. The molecular formula is C43H63FN6O7. The molecule has 5 N–H and O–H groups in total. The minimum atomic E-state index is -2.11. The van der Waals surface area contributed by atoms with Crippen LogP contribution in [0.3, 0.4) is 0 Å². The number of carbonyl (C=O) groups is 1. The number of hydrogen-bond acceptors (Lipinski definition) is 11. The van der Waals surface area contributed by atoms with Gasteiger partial charge in [-0.1, -0.05) is 52.0 Å². The molecule has 6 aliphatic rings. The molecule has 15 atom stereocenters. The molecule has 0 aromatic carbocycles. The predicted molar refractivity (Wildman–Crippen MR) is 209 cm³/mol. The number of esters is 1. The quantitative estimate of drug-likeness (QED) is 0.220. The molecule has 1 aliphatic heterocycles. The van der Waals surface area contributed by atoms with Crippen molar-refractivity contribution in [2.24, 2.45) is 62.6 Å². The largest absolute Gasteiger partial charge is 0.469 e. The number of fused-ring (bicyclic) bond motifs is 7. The Bertz CT molecular complexity index is 1990. The number of allylic oxidation sites excluding steroid dienone is 1. The number of nitrogens with zero attached hydrogens (tertiary/aromatic N) is 5. The molecule has 0 amide bonds. The molecule has 2 aromatic rings. The standard InChI is InChI=1S/C43H63FN6O7/c1-23(2)26-11-15-42(36(54)56-8)17-16-40(6)27(31(26)42)9-10-29-39(5)20-24(33(52)38(3,4)28(39)12-14-41(29,40)7)19-25-21-50(48-47-25)43(22-51)34(53)32(44)35(57-43)49-18-13-30(45)46-37(49)55/h13,18,21,24,26-29,31-35,51-53H,1,9-12,14-17,19-20,22H2,2-8H3,(H2,45,46,55)/t24-,26+,27-,28+,29-,31-,32+,33+,34+,35-,39+,40-,41-,42+,43-/m1/s1. The lowest BCUT2D eigenvalue weighted by atomic mass is 9.31. The molecular weight excluding hydrogens is 732 g/mol. The average molecular weight is 795 g/mol. The van der Waals surface area contributed by atoms with Crippen molar-refractivity contribution in [3.05, 3.63) is 46.8 Å². The first kappa shape index (κ1) is 40.6. The van der Waals surface area contributed by atoms with Crippen LogP contribution in [-0.2, 0) is 26.4 Å². The van der Waals surface area contributed by atoms with Crippen molar-refractivity contribution >= 4 is 11.8 Å². The molecule has 0 bridgehead atoms. The lowest BCUT2D eigenvalue weighted by molar-refractivity contribution is -0.257. The molecule has 2 aromatic heterocycles. The SMILES string of the molecule is C=C(C)[C@@H]1CC[C@]2(C(=O)OC)CC[C@]3(C)[C@H](CC[C@@H]4[C@@]5(C)C[C@@H](Cc6cn([C@]7(CO)O[C@@H](n8ccc(N)nc8=O)[C@@H](F)[C@@H]7O)nn6)[C@H](O)C(C)(C)[C@@H]5CC[C@]43C)[C@@H]12. The Morgan fingerprint density at radius 2 is 1.79 bits per heavy atom. The second-order valence-electron chi connectivity index (χ2n) is 20.4. The summed E-state index contributed by atoms with van der Waals surface area (Å²) in [6.45, 7) is 17.7. The highest BCUT2D eigenvalue weighted by atomic mass is 19.1. The number of aliphatic hydroxyl groups excluding tert-OH is 3. The fraction of sp³-hybridized carbons (Fsp3) is 0.791. The van der Waals surface area contributed by atoms with Crippen LogP contribution in [0.15, 0.2) is 35.4 Å². The van der Waals surface area contributed by atoms with Crippen LogP contribution in [-0.4, -0.2) is 77.9 Å². The number of carbonyl (C=O) groups excluding carboxylic acids is 1. The van der Waals surface area contributed by atoms with Crippen molar-refractivity contribution in [1.29, 1.82) is 0 Å². The van der Waals surface area contributed by atoms with Gasteiger partial charge in [0.05, 0.1) is 37.1 Å². The molecule has 5 aliphatic carbocycles. The lowest BCUT2D eigenvalue weighted by Gasteiger charge is -2.73. The number of aliphatic hydroxyl groups is 3. The van der Waals surface area contributed by atoms with Gasteiger partial charge in [-0.3, -0.25) is 9.36 Å².